The van der Waals surface area contributed by atoms with Crippen molar-refractivity contribution in [3.8, 4) is 0 Å². The molecule has 1 unspecified atom stereocenters. The van der Waals surface area contributed by atoms with E-state index in [1.54, 1.807) is 30.3 Å². The van der Waals surface area contributed by atoms with E-state index in [4.69, 9.17) is 0 Å². The molecule has 1 aromatic heterocycles. The number of aliphatic hydroxyl groups is 1. The molecule has 1 atom stereocenters. The van der Waals surface area contributed by atoms with Gasteiger partial charge < -0.3 is 15.3 Å². The van der Waals surface area contributed by atoms with E-state index >= 15 is 0 Å². The van der Waals surface area contributed by atoms with Crippen molar-refractivity contribution in [2.75, 3.05) is 25.4 Å². The summed E-state index contributed by atoms with van der Waals surface area (Å²) in [5.74, 6) is -0.456. The fourth-order valence-electron chi connectivity index (χ4n) is 3.53. The van der Waals surface area contributed by atoms with Crippen molar-refractivity contribution >= 4 is 23.6 Å². The van der Waals surface area contributed by atoms with Gasteiger partial charge in [-0.3, -0.25) is 4.79 Å². The highest BCUT2D eigenvalue weighted by atomic mass is 31.2. The summed E-state index contributed by atoms with van der Waals surface area (Å²) in [6.45, 7) is 1.28. The van der Waals surface area contributed by atoms with Gasteiger partial charge in [-0.1, -0.05) is 24.3 Å². The number of nitrogens with one attached hydrogen (secondary N) is 2. The van der Waals surface area contributed by atoms with Crippen LogP contribution in [0.3, 0.4) is 0 Å². The van der Waals surface area contributed by atoms with E-state index in [0.29, 0.717) is 47.4 Å². The second-order valence-corrected chi connectivity index (χ2v) is 9.94. The van der Waals surface area contributed by atoms with Crippen LogP contribution in [0.15, 0.2) is 47.3 Å². The molecule has 4 rings (SSSR count). The highest BCUT2D eigenvalue weighted by Gasteiger charge is 2.32. The average molecular weight is 388 g/mol. The molecule has 2 aromatic carbocycles. The number of hydrogen-bond acceptors (Lipinski definition) is 5. The van der Waals surface area contributed by atoms with Crippen LogP contribution in [0.4, 0.5) is 4.39 Å². The third-order valence-corrected chi connectivity index (χ3v) is 8.20. The molecule has 0 saturated carbocycles. The summed E-state index contributed by atoms with van der Waals surface area (Å²) in [5, 5.41) is 21.7. The molecular weight excluding hydrogens is 368 g/mol. The Morgan fingerprint density at radius 2 is 1.81 bits per heavy atom. The first-order chi connectivity index (χ1) is 13.0. The van der Waals surface area contributed by atoms with Crippen LogP contribution in [0.1, 0.15) is 17.4 Å². The van der Waals surface area contributed by atoms with Crippen LogP contribution in [-0.4, -0.2) is 45.6 Å². The first-order valence-corrected chi connectivity index (χ1v) is 10.9. The zero-order chi connectivity index (χ0) is 19.0. The fraction of sp³-hybridized carbons (Fsp3) is 0.263. The molecular formula is C19H20FN3O3P. The number of rotatable bonds is 3. The monoisotopic (exact) mass is 388 g/mol. The minimum atomic E-state index is -2.59. The van der Waals surface area contributed by atoms with Gasteiger partial charge in [-0.25, -0.2) is 9.49 Å². The maximum absolute atomic E-state index is 14.5. The second kappa shape index (κ2) is 7.09. The van der Waals surface area contributed by atoms with Crippen LogP contribution >= 0.6 is 7.49 Å². The summed E-state index contributed by atoms with van der Waals surface area (Å²) >= 11 is 0. The van der Waals surface area contributed by atoms with Gasteiger partial charge in [0.1, 0.15) is 17.6 Å². The highest BCUT2D eigenvalue weighted by molar-refractivity contribution is 7.77. The van der Waals surface area contributed by atoms with Gasteiger partial charge in [0, 0.05) is 43.6 Å². The average Bonchev–Trinajstić information content (AvgIpc) is 2.69. The number of nitrogens with zero attached hydrogens (tertiary/aromatic N) is 1. The van der Waals surface area contributed by atoms with Gasteiger partial charge in [0.2, 0.25) is 0 Å². The number of aliphatic hydroxyl groups excluding tert-OH is 1. The van der Waals surface area contributed by atoms with Crippen molar-refractivity contribution in [2.24, 2.45) is 0 Å². The van der Waals surface area contributed by atoms with E-state index in [0.717, 1.165) is 0 Å². The van der Waals surface area contributed by atoms with Gasteiger partial charge in [0.15, 0.2) is 0 Å². The lowest BCUT2D eigenvalue weighted by Gasteiger charge is -2.35. The largest absolute Gasteiger partial charge is 0.382 e. The fourth-order valence-corrected chi connectivity index (χ4v) is 6.15. The number of aromatic nitrogens is 2. The number of hydrogen-bond donors (Lipinski definition) is 4. The van der Waals surface area contributed by atoms with E-state index in [-0.39, 0.29) is 10.9 Å². The molecule has 0 aliphatic carbocycles. The van der Waals surface area contributed by atoms with Gasteiger partial charge in [0.25, 0.3) is 5.56 Å². The Kier molecular flexibility index (Phi) is 4.78. The van der Waals surface area contributed by atoms with Crippen LogP contribution in [0.25, 0.3) is 10.8 Å². The lowest BCUT2D eigenvalue weighted by Crippen LogP contribution is -2.36. The summed E-state index contributed by atoms with van der Waals surface area (Å²) in [4.78, 5) is 22.9. The van der Waals surface area contributed by atoms with E-state index in [2.05, 4.69) is 15.5 Å². The Labute approximate surface area is 155 Å². The number of benzene rings is 2. The molecule has 1 radical (unpaired) electrons. The van der Waals surface area contributed by atoms with Gasteiger partial charge in [-0.15, -0.1) is 0 Å². The number of H-pyrrole nitrogens is 1. The van der Waals surface area contributed by atoms with Crippen LogP contribution in [0, 0.1) is 5.82 Å². The summed E-state index contributed by atoms with van der Waals surface area (Å²) in [5.41, 5.74) is 0.387. The van der Waals surface area contributed by atoms with E-state index < -0.39 is 19.4 Å². The zero-order valence-electron chi connectivity index (χ0n) is 14.5. The minimum Gasteiger partial charge on any atom is -0.382 e. The lowest BCUT2D eigenvalue weighted by molar-refractivity contribution is 0.216. The third-order valence-electron chi connectivity index (χ3n) is 5.04. The molecule has 141 valence electrons. The van der Waals surface area contributed by atoms with Crippen LogP contribution in [-0.2, 0) is 0 Å². The van der Waals surface area contributed by atoms with Crippen molar-refractivity contribution in [2.45, 2.75) is 6.10 Å². The molecule has 6 nitrogen and oxygen atoms in total. The quantitative estimate of drug-likeness (QED) is 0.507. The predicted molar refractivity (Wildman–Crippen MR) is 104 cm³/mol. The maximum atomic E-state index is 14.5. The molecule has 0 bridgehead atoms. The first kappa shape index (κ1) is 18.2. The van der Waals surface area contributed by atoms with E-state index in [1.165, 1.54) is 12.1 Å². The SMILES string of the molecule is O=c1[nH]nc(C(O)c2ccc(F)c([P]3(O)CCNCC3)c2)c2ccccc12. The molecule has 8 heteroatoms. The van der Waals surface area contributed by atoms with Crippen LogP contribution in [0.2, 0.25) is 0 Å². The topological polar surface area (TPSA) is 98.2 Å². The van der Waals surface area contributed by atoms with Gasteiger partial charge in [-0.05, 0) is 23.8 Å². The van der Waals surface area contributed by atoms with Crippen LogP contribution in [0.5, 0.6) is 0 Å². The Balaban J connectivity index is 1.80. The standard InChI is InChI=1S/C19H20FN3O3P/c20-15-6-5-12(11-16(15)27(26)9-7-21-8-10-27)18(24)17-13-3-1-2-4-14(13)19(25)23-22-17/h1-6,11,18,21,24,26H,7-10H2,(H,23,25). The number of aromatic amines is 1. The van der Waals surface area contributed by atoms with E-state index in [9.17, 15) is 19.2 Å². The Morgan fingerprint density at radius 3 is 2.56 bits per heavy atom. The predicted octanol–water partition coefficient (Wildman–Crippen LogP) is 1.30. The molecule has 2 heterocycles. The van der Waals surface area contributed by atoms with Gasteiger partial charge in [-0.2, -0.15) is 5.10 Å². The van der Waals surface area contributed by atoms with Crippen molar-refractivity contribution in [3.63, 3.8) is 0 Å². The Hall–Kier alpha value is -2.18. The highest BCUT2D eigenvalue weighted by Crippen LogP contribution is 2.54. The zero-order valence-corrected chi connectivity index (χ0v) is 15.4. The van der Waals surface area contributed by atoms with Crippen molar-refractivity contribution < 1.29 is 14.4 Å². The van der Waals surface area contributed by atoms with Crippen molar-refractivity contribution in [1.29, 1.82) is 0 Å². The molecule has 3 aromatic rings. The van der Waals surface area contributed by atoms with Gasteiger partial charge >= 0.3 is 0 Å². The molecule has 1 saturated heterocycles. The Bertz CT molecular complexity index is 1050. The number of halogens is 1. The summed E-state index contributed by atoms with van der Waals surface area (Å²) in [6, 6.07) is 11.2. The first-order valence-electron chi connectivity index (χ1n) is 8.75. The van der Waals surface area contributed by atoms with Crippen LogP contribution < -0.4 is 16.2 Å². The lowest BCUT2D eigenvalue weighted by atomic mass is 10.0. The summed E-state index contributed by atoms with van der Waals surface area (Å²) < 4.78 is 14.5. The van der Waals surface area contributed by atoms with Gasteiger partial charge in [0.05, 0.1) is 5.39 Å². The maximum Gasteiger partial charge on any atom is 0.272 e. The molecule has 1 aliphatic rings. The Morgan fingerprint density at radius 1 is 1.11 bits per heavy atom. The van der Waals surface area contributed by atoms with Crippen molar-refractivity contribution in [3.05, 3.63) is 69.9 Å². The molecule has 4 N–H and O–H groups in total. The molecule has 0 spiro atoms. The smallest absolute Gasteiger partial charge is 0.272 e. The second-order valence-electron chi connectivity index (χ2n) is 6.72. The number of fused-ring (bicyclic) bond motifs is 1. The molecule has 1 aliphatic heterocycles. The van der Waals surface area contributed by atoms with Crippen molar-refractivity contribution in [1.82, 2.24) is 15.5 Å². The third kappa shape index (κ3) is 3.28. The normalized spacial score (nSPS) is 17.7. The summed E-state index contributed by atoms with van der Waals surface area (Å²) in [7, 11) is -2.59. The molecule has 27 heavy (non-hydrogen) atoms. The molecule has 0 amide bonds. The minimum absolute atomic E-state index is 0.286. The van der Waals surface area contributed by atoms with E-state index in [1.807, 2.05) is 0 Å². The summed E-state index contributed by atoms with van der Waals surface area (Å²) in [6.07, 6.45) is -0.146. The molecule has 1 fully saturated rings.